The number of carbonyl (C=O) groups is 1. The Kier molecular flexibility index (Phi) is 4.30. The van der Waals surface area contributed by atoms with Gasteiger partial charge in [-0.05, 0) is 18.6 Å². The van der Waals surface area contributed by atoms with Crippen molar-refractivity contribution in [2.45, 2.75) is 13.5 Å². The highest BCUT2D eigenvalue weighted by Gasteiger charge is 2.04. The third-order valence-electron chi connectivity index (χ3n) is 2.79. The number of aryl methyl sites for hydroxylation is 2. The van der Waals surface area contributed by atoms with E-state index < -0.39 is 0 Å². The summed E-state index contributed by atoms with van der Waals surface area (Å²) in [6, 6.07) is 7.73. The van der Waals surface area contributed by atoms with Crippen molar-refractivity contribution >= 4 is 11.6 Å². The van der Waals surface area contributed by atoms with Gasteiger partial charge < -0.3 is 10.6 Å². The second-order valence-corrected chi connectivity index (χ2v) is 4.49. The fourth-order valence-corrected chi connectivity index (χ4v) is 1.79. The first-order valence-corrected chi connectivity index (χ1v) is 6.19. The molecule has 5 nitrogen and oxygen atoms in total. The normalized spacial score (nSPS) is 10.4. The number of anilines is 1. The molecule has 0 unspecified atom stereocenters. The lowest BCUT2D eigenvalue weighted by atomic mass is 10.2. The van der Waals surface area contributed by atoms with Gasteiger partial charge >= 0.3 is 0 Å². The van der Waals surface area contributed by atoms with Crippen LogP contribution in [0.15, 0.2) is 36.7 Å². The summed E-state index contributed by atoms with van der Waals surface area (Å²) in [4.78, 5) is 11.8. The van der Waals surface area contributed by atoms with Crippen molar-refractivity contribution in [1.29, 1.82) is 0 Å². The number of nitrogens with one attached hydrogen (secondary N) is 2. The van der Waals surface area contributed by atoms with Crippen LogP contribution in [0.2, 0.25) is 0 Å². The fraction of sp³-hybridized carbons (Fsp3) is 0.286. The van der Waals surface area contributed by atoms with Gasteiger partial charge in [0.2, 0.25) is 5.91 Å². The number of benzene rings is 1. The average Bonchev–Trinajstić information content (AvgIpc) is 2.78. The summed E-state index contributed by atoms with van der Waals surface area (Å²) in [6.07, 6.45) is 3.71. The maximum Gasteiger partial charge on any atom is 0.238 e. The monoisotopic (exact) mass is 258 g/mol. The van der Waals surface area contributed by atoms with Crippen LogP contribution in [-0.4, -0.2) is 22.2 Å². The van der Waals surface area contributed by atoms with Crippen molar-refractivity contribution < 1.29 is 4.79 Å². The van der Waals surface area contributed by atoms with Crippen LogP contribution in [0, 0.1) is 6.92 Å². The van der Waals surface area contributed by atoms with Gasteiger partial charge in [-0.1, -0.05) is 18.2 Å². The van der Waals surface area contributed by atoms with Gasteiger partial charge in [-0.15, -0.1) is 0 Å². The SMILES string of the molecule is Cc1ccccc1NC(=O)CNCc1cnn(C)c1. The van der Waals surface area contributed by atoms with Crippen LogP contribution in [0.4, 0.5) is 5.69 Å². The molecule has 1 aromatic carbocycles. The maximum atomic E-state index is 11.8. The molecule has 0 fully saturated rings. The van der Waals surface area contributed by atoms with Crippen molar-refractivity contribution in [1.82, 2.24) is 15.1 Å². The van der Waals surface area contributed by atoms with E-state index in [0.29, 0.717) is 6.54 Å². The van der Waals surface area contributed by atoms with E-state index >= 15 is 0 Å². The van der Waals surface area contributed by atoms with Gasteiger partial charge in [-0.2, -0.15) is 5.10 Å². The minimum Gasteiger partial charge on any atom is -0.325 e. The van der Waals surface area contributed by atoms with Crippen LogP contribution in [-0.2, 0) is 18.4 Å². The standard InChI is InChI=1S/C14H18N4O/c1-11-5-3-4-6-13(11)17-14(19)9-15-7-12-8-16-18(2)10-12/h3-6,8,10,15H,7,9H2,1-2H3,(H,17,19). The van der Waals surface area contributed by atoms with E-state index in [1.807, 2.05) is 44.4 Å². The molecule has 2 aromatic rings. The molecule has 2 rings (SSSR count). The summed E-state index contributed by atoms with van der Waals surface area (Å²) in [6.45, 7) is 2.89. The minimum absolute atomic E-state index is 0.0433. The molecule has 1 heterocycles. The lowest BCUT2D eigenvalue weighted by Crippen LogP contribution is -2.27. The Hall–Kier alpha value is -2.14. The number of nitrogens with zero attached hydrogens (tertiary/aromatic N) is 2. The lowest BCUT2D eigenvalue weighted by molar-refractivity contribution is -0.115. The summed E-state index contributed by atoms with van der Waals surface area (Å²) >= 11 is 0. The molecule has 0 saturated carbocycles. The molecule has 5 heteroatoms. The van der Waals surface area contributed by atoms with Gasteiger partial charge in [0.15, 0.2) is 0 Å². The minimum atomic E-state index is -0.0433. The molecular formula is C14H18N4O. The highest BCUT2D eigenvalue weighted by molar-refractivity contribution is 5.92. The summed E-state index contributed by atoms with van der Waals surface area (Å²) in [5.74, 6) is -0.0433. The molecule has 19 heavy (non-hydrogen) atoms. The Morgan fingerprint density at radius 3 is 2.84 bits per heavy atom. The third kappa shape index (κ3) is 3.93. The molecule has 0 spiro atoms. The first-order chi connectivity index (χ1) is 9.15. The zero-order valence-electron chi connectivity index (χ0n) is 11.2. The summed E-state index contributed by atoms with van der Waals surface area (Å²) < 4.78 is 1.74. The second-order valence-electron chi connectivity index (χ2n) is 4.49. The number of aromatic nitrogens is 2. The van der Waals surface area contributed by atoms with E-state index in [-0.39, 0.29) is 12.5 Å². The van der Waals surface area contributed by atoms with Crippen molar-refractivity contribution in [3.63, 3.8) is 0 Å². The van der Waals surface area contributed by atoms with E-state index in [1.165, 1.54) is 0 Å². The summed E-state index contributed by atoms with van der Waals surface area (Å²) in [7, 11) is 1.87. The molecule has 0 bridgehead atoms. The number of carbonyl (C=O) groups excluding carboxylic acids is 1. The van der Waals surface area contributed by atoms with Gasteiger partial charge in [-0.25, -0.2) is 0 Å². The van der Waals surface area contributed by atoms with Gasteiger partial charge in [0.1, 0.15) is 0 Å². The molecule has 1 aromatic heterocycles. The van der Waals surface area contributed by atoms with Crippen LogP contribution in [0.25, 0.3) is 0 Å². The van der Waals surface area contributed by atoms with Crippen molar-refractivity contribution in [3.05, 3.63) is 47.8 Å². The van der Waals surface area contributed by atoms with E-state index in [0.717, 1.165) is 16.8 Å². The third-order valence-corrected chi connectivity index (χ3v) is 2.79. The van der Waals surface area contributed by atoms with Crippen LogP contribution in [0.1, 0.15) is 11.1 Å². The molecule has 0 aliphatic rings. The molecule has 100 valence electrons. The molecule has 0 aliphatic carbocycles. The van der Waals surface area contributed by atoms with Gasteiger partial charge in [0, 0.05) is 31.0 Å². The molecule has 0 radical (unpaired) electrons. The second kappa shape index (κ2) is 6.15. The van der Waals surface area contributed by atoms with Crippen LogP contribution in [0.5, 0.6) is 0 Å². The quantitative estimate of drug-likeness (QED) is 0.853. The number of hydrogen-bond acceptors (Lipinski definition) is 3. The lowest BCUT2D eigenvalue weighted by Gasteiger charge is -2.08. The summed E-state index contributed by atoms with van der Waals surface area (Å²) in [5.41, 5.74) is 2.98. The first kappa shape index (κ1) is 13.3. The van der Waals surface area contributed by atoms with Gasteiger partial charge in [0.05, 0.1) is 12.7 Å². The van der Waals surface area contributed by atoms with E-state index in [1.54, 1.807) is 10.9 Å². The average molecular weight is 258 g/mol. The number of amides is 1. The van der Waals surface area contributed by atoms with Crippen LogP contribution in [0.3, 0.4) is 0 Å². The Labute approximate surface area is 112 Å². The zero-order chi connectivity index (χ0) is 13.7. The largest absolute Gasteiger partial charge is 0.325 e. The Balaban J connectivity index is 1.77. The molecule has 2 N–H and O–H groups in total. The highest BCUT2D eigenvalue weighted by atomic mass is 16.1. The predicted molar refractivity (Wildman–Crippen MR) is 74.7 cm³/mol. The van der Waals surface area contributed by atoms with Crippen molar-refractivity contribution in [2.75, 3.05) is 11.9 Å². The van der Waals surface area contributed by atoms with Crippen molar-refractivity contribution in [2.24, 2.45) is 7.05 Å². The topological polar surface area (TPSA) is 59.0 Å². The smallest absolute Gasteiger partial charge is 0.238 e. The van der Waals surface area contributed by atoms with E-state index in [4.69, 9.17) is 0 Å². The number of para-hydroxylation sites is 1. The fourth-order valence-electron chi connectivity index (χ4n) is 1.79. The molecule has 0 aliphatic heterocycles. The number of hydrogen-bond donors (Lipinski definition) is 2. The Morgan fingerprint density at radius 1 is 1.37 bits per heavy atom. The maximum absolute atomic E-state index is 11.8. The van der Waals surface area contributed by atoms with E-state index in [2.05, 4.69) is 15.7 Å². The predicted octanol–water partition coefficient (Wildman–Crippen LogP) is 1.46. The Morgan fingerprint density at radius 2 is 2.16 bits per heavy atom. The highest BCUT2D eigenvalue weighted by Crippen LogP contribution is 2.12. The number of rotatable bonds is 5. The van der Waals surface area contributed by atoms with Crippen LogP contribution >= 0.6 is 0 Å². The van der Waals surface area contributed by atoms with E-state index in [9.17, 15) is 4.79 Å². The van der Waals surface area contributed by atoms with Crippen molar-refractivity contribution in [3.8, 4) is 0 Å². The zero-order valence-corrected chi connectivity index (χ0v) is 11.2. The molecule has 1 amide bonds. The summed E-state index contributed by atoms with van der Waals surface area (Å²) in [5, 5.41) is 10.0. The van der Waals surface area contributed by atoms with Gasteiger partial charge in [-0.3, -0.25) is 9.48 Å². The molecular weight excluding hydrogens is 240 g/mol. The first-order valence-electron chi connectivity index (χ1n) is 6.19. The Bertz CT molecular complexity index is 562. The molecule has 0 saturated heterocycles. The molecule has 0 atom stereocenters. The van der Waals surface area contributed by atoms with Crippen LogP contribution < -0.4 is 10.6 Å². The van der Waals surface area contributed by atoms with Gasteiger partial charge in [0.25, 0.3) is 0 Å².